The molecule has 8 nitrogen and oxygen atoms in total. The summed E-state index contributed by atoms with van der Waals surface area (Å²) >= 11 is 0. The highest BCUT2D eigenvalue weighted by atomic mass is 16.5. The molecule has 172 valence electrons. The van der Waals surface area contributed by atoms with Gasteiger partial charge < -0.3 is 20.1 Å². The fourth-order valence-electron chi connectivity index (χ4n) is 3.59. The number of carbonyl (C=O) groups excluding carboxylic acids is 1. The van der Waals surface area contributed by atoms with Crippen LogP contribution in [0, 0.1) is 0 Å². The van der Waals surface area contributed by atoms with Crippen molar-refractivity contribution < 1.29 is 14.3 Å². The van der Waals surface area contributed by atoms with Gasteiger partial charge in [0, 0.05) is 48.8 Å². The lowest BCUT2D eigenvalue weighted by Crippen LogP contribution is -2.38. The predicted molar refractivity (Wildman–Crippen MR) is 128 cm³/mol. The molecule has 0 unspecified atom stereocenters. The van der Waals surface area contributed by atoms with Crippen LogP contribution in [0.3, 0.4) is 0 Å². The number of rotatable bonds is 9. The Morgan fingerprint density at radius 3 is 2.36 bits per heavy atom. The van der Waals surface area contributed by atoms with Crippen LogP contribution in [-0.4, -0.2) is 67.3 Å². The Balaban J connectivity index is 1.25. The van der Waals surface area contributed by atoms with Gasteiger partial charge in [-0.15, -0.1) is 0 Å². The summed E-state index contributed by atoms with van der Waals surface area (Å²) in [6.07, 6.45) is 4.47. The summed E-state index contributed by atoms with van der Waals surface area (Å²) in [6.45, 7) is 5.16. The third kappa shape index (κ3) is 6.50. The normalized spacial score (nSPS) is 14.0. The maximum Gasteiger partial charge on any atom is 0.251 e. The summed E-state index contributed by atoms with van der Waals surface area (Å²) < 4.78 is 10.5. The molecule has 1 aromatic heterocycles. The maximum absolute atomic E-state index is 12.4. The molecule has 0 bridgehead atoms. The molecule has 0 atom stereocenters. The summed E-state index contributed by atoms with van der Waals surface area (Å²) in [5.74, 6) is 1.24. The van der Waals surface area contributed by atoms with E-state index in [0.717, 1.165) is 61.8 Å². The number of morpholine rings is 1. The van der Waals surface area contributed by atoms with Gasteiger partial charge in [-0.3, -0.25) is 9.69 Å². The number of methoxy groups -OCH3 is 1. The van der Waals surface area contributed by atoms with Crippen molar-refractivity contribution in [3.05, 3.63) is 66.5 Å². The molecular weight excluding hydrogens is 418 g/mol. The number of nitrogens with one attached hydrogen (secondary N) is 2. The SMILES string of the molecule is COc1ccc(-c2cnc(Nc3ccc(C(=O)NCCCN4CCOCC4)cc3)nc2)cc1. The van der Waals surface area contributed by atoms with Crippen molar-refractivity contribution in [1.29, 1.82) is 0 Å². The molecule has 8 heteroatoms. The van der Waals surface area contributed by atoms with Crippen LogP contribution in [-0.2, 0) is 4.74 Å². The van der Waals surface area contributed by atoms with Crippen LogP contribution in [0.2, 0.25) is 0 Å². The Morgan fingerprint density at radius 1 is 1.00 bits per heavy atom. The zero-order valence-electron chi connectivity index (χ0n) is 18.8. The molecule has 4 rings (SSSR count). The first-order chi connectivity index (χ1) is 16.2. The monoisotopic (exact) mass is 447 g/mol. The van der Waals surface area contributed by atoms with Crippen LogP contribution in [0.5, 0.6) is 5.75 Å². The van der Waals surface area contributed by atoms with E-state index >= 15 is 0 Å². The van der Waals surface area contributed by atoms with Crippen molar-refractivity contribution in [3.63, 3.8) is 0 Å². The summed E-state index contributed by atoms with van der Waals surface area (Å²) in [6, 6.07) is 15.0. The van der Waals surface area contributed by atoms with E-state index < -0.39 is 0 Å². The van der Waals surface area contributed by atoms with E-state index in [0.29, 0.717) is 18.1 Å². The summed E-state index contributed by atoms with van der Waals surface area (Å²) in [5.41, 5.74) is 3.38. The highest BCUT2D eigenvalue weighted by Gasteiger charge is 2.10. The third-order valence-electron chi connectivity index (χ3n) is 5.52. The van der Waals surface area contributed by atoms with Gasteiger partial charge in [-0.2, -0.15) is 0 Å². The van der Waals surface area contributed by atoms with E-state index in [1.807, 2.05) is 36.4 Å². The van der Waals surface area contributed by atoms with Crippen molar-refractivity contribution in [1.82, 2.24) is 20.2 Å². The summed E-state index contributed by atoms with van der Waals surface area (Å²) in [5, 5.41) is 6.15. The number of ether oxygens (including phenoxy) is 2. The van der Waals surface area contributed by atoms with Crippen molar-refractivity contribution >= 4 is 17.5 Å². The van der Waals surface area contributed by atoms with E-state index in [2.05, 4.69) is 25.5 Å². The predicted octanol–water partition coefficient (Wildman–Crippen LogP) is 3.35. The topological polar surface area (TPSA) is 88.6 Å². The molecule has 0 radical (unpaired) electrons. The zero-order valence-corrected chi connectivity index (χ0v) is 18.8. The Hall–Kier alpha value is -3.49. The molecule has 3 aromatic rings. The fraction of sp³-hybridized carbons (Fsp3) is 0.320. The van der Waals surface area contributed by atoms with E-state index in [4.69, 9.17) is 9.47 Å². The van der Waals surface area contributed by atoms with Crippen LogP contribution in [0.25, 0.3) is 11.1 Å². The number of hydrogen-bond donors (Lipinski definition) is 2. The number of aromatic nitrogens is 2. The van der Waals surface area contributed by atoms with Crippen molar-refractivity contribution in [2.24, 2.45) is 0 Å². The molecule has 33 heavy (non-hydrogen) atoms. The standard InChI is InChI=1S/C25H29N5O3/c1-32-23-9-5-19(6-10-23)21-17-27-25(28-18-21)29-22-7-3-20(4-8-22)24(31)26-11-2-12-30-13-15-33-16-14-30/h3-10,17-18H,2,11-16H2,1H3,(H,26,31)(H,27,28,29). The number of amides is 1. The van der Waals surface area contributed by atoms with Crippen LogP contribution in [0.4, 0.5) is 11.6 Å². The minimum absolute atomic E-state index is 0.0661. The largest absolute Gasteiger partial charge is 0.497 e. The van der Waals surface area contributed by atoms with Gasteiger partial charge in [0.25, 0.3) is 5.91 Å². The molecule has 2 N–H and O–H groups in total. The molecule has 2 heterocycles. The van der Waals surface area contributed by atoms with Crippen molar-refractivity contribution in [3.8, 4) is 16.9 Å². The lowest BCUT2D eigenvalue weighted by Gasteiger charge is -2.26. The average Bonchev–Trinajstić information content (AvgIpc) is 2.88. The fourth-order valence-corrected chi connectivity index (χ4v) is 3.59. The molecule has 1 aliphatic heterocycles. The molecule has 1 fully saturated rings. The van der Waals surface area contributed by atoms with Crippen LogP contribution >= 0.6 is 0 Å². The van der Waals surface area contributed by atoms with Crippen LogP contribution < -0.4 is 15.4 Å². The molecule has 1 saturated heterocycles. The number of hydrogen-bond acceptors (Lipinski definition) is 7. The number of benzene rings is 2. The van der Waals surface area contributed by atoms with Gasteiger partial charge >= 0.3 is 0 Å². The molecule has 0 saturated carbocycles. The van der Waals surface area contributed by atoms with Gasteiger partial charge in [-0.25, -0.2) is 9.97 Å². The maximum atomic E-state index is 12.4. The van der Waals surface area contributed by atoms with Crippen LogP contribution in [0.1, 0.15) is 16.8 Å². The first-order valence-corrected chi connectivity index (χ1v) is 11.1. The smallest absolute Gasteiger partial charge is 0.251 e. The Morgan fingerprint density at radius 2 is 1.70 bits per heavy atom. The quantitative estimate of drug-likeness (QED) is 0.486. The highest BCUT2D eigenvalue weighted by molar-refractivity contribution is 5.94. The molecule has 0 spiro atoms. The van der Waals surface area contributed by atoms with E-state index in [-0.39, 0.29) is 5.91 Å². The average molecular weight is 448 g/mol. The number of nitrogens with zero attached hydrogens (tertiary/aromatic N) is 3. The third-order valence-corrected chi connectivity index (χ3v) is 5.52. The molecule has 1 amide bonds. The summed E-state index contributed by atoms with van der Waals surface area (Å²) in [4.78, 5) is 23.5. The Bertz CT molecular complexity index is 1020. The first-order valence-electron chi connectivity index (χ1n) is 11.1. The minimum Gasteiger partial charge on any atom is -0.497 e. The van der Waals surface area contributed by atoms with Gasteiger partial charge in [-0.1, -0.05) is 12.1 Å². The van der Waals surface area contributed by atoms with Gasteiger partial charge in [0.2, 0.25) is 5.95 Å². The lowest BCUT2D eigenvalue weighted by molar-refractivity contribution is 0.0374. The van der Waals surface area contributed by atoms with Gasteiger partial charge in [-0.05, 0) is 54.9 Å². The first kappa shape index (κ1) is 22.7. The van der Waals surface area contributed by atoms with E-state index in [1.165, 1.54) is 0 Å². The molecule has 0 aliphatic carbocycles. The minimum atomic E-state index is -0.0661. The molecule has 2 aromatic carbocycles. The van der Waals surface area contributed by atoms with Gasteiger partial charge in [0.15, 0.2) is 0 Å². The Kier molecular flexibility index (Phi) is 7.84. The second kappa shape index (κ2) is 11.4. The van der Waals surface area contributed by atoms with Crippen molar-refractivity contribution in [2.75, 3.05) is 51.8 Å². The Labute approximate surface area is 194 Å². The molecule has 1 aliphatic rings. The van der Waals surface area contributed by atoms with E-state index in [1.54, 1.807) is 31.6 Å². The second-order valence-electron chi connectivity index (χ2n) is 7.79. The number of carbonyl (C=O) groups is 1. The second-order valence-corrected chi connectivity index (χ2v) is 7.79. The summed E-state index contributed by atoms with van der Waals surface area (Å²) in [7, 11) is 1.64. The zero-order chi connectivity index (χ0) is 22.9. The van der Waals surface area contributed by atoms with Crippen molar-refractivity contribution in [2.45, 2.75) is 6.42 Å². The van der Waals surface area contributed by atoms with Gasteiger partial charge in [0.05, 0.1) is 20.3 Å². The van der Waals surface area contributed by atoms with E-state index in [9.17, 15) is 4.79 Å². The number of anilines is 2. The highest BCUT2D eigenvalue weighted by Crippen LogP contribution is 2.22. The van der Waals surface area contributed by atoms with Gasteiger partial charge in [0.1, 0.15) is 5.75 Å². The van der Waals surface area contributed by atoms with Crippen LogP contribution in [0.15, 0.2) is 60.9 Å². The molecular formula is C25H29N5O3. The lowest BCUT2D eigenvalue weighted by atomic mass is 10.1.